The molecule has 0 aromatic carbocycles. The predicted molar refractivity (Wildman–Crippen MR) is 42.5 cm³/mol. The summed E-state index contributed by atoms with van der Waals surface area (Å²) in [5.41, 5.74) is -0.383. The molecule has 1 aliphatic carbocycles. The summed E-state index contributed by atoms with van der Waals surface area (Å²) in [5.74, 6) is -1.93. The van der Waals surface area contributed by atoms with E-state index in [1.54, 1.807) is 13.8 Å². The van der Waals surface area contributed by atoms with Gasteiger partial charge in [-0.2, -0.15) is 0 Å². The lowest BCUT2D eigenvalue weighted by atomic mass is 10.1. The largest absolute Gasteiger partial charge is 0.481 e. The van der Waals surface area contributed by atoms with Gasteiger partial charge in [-0.3, -0.25) is 9.59 Å². The van der Waals surface area contributed by atoms with Crippen molar-refractivity contribution in [3.05, 3.63) is 0 Å². The van der Waals surface area contributed by atoms with E-state index in [4.69, 9.17) is 5.11 Å². The summed E-state index contributed by atoms with van der Waals surface area (Å²) < 4.78 is 0. The number of amides is 1. The molecule has 2 atom stereocenters. The molecule has 0 bridgehead atoms. The van der Waals surface area contributed by atoms with Crippen molar-refractivity contribution in [1.29, 1.82) is 0 Å². The summed E-state index contributed by atoms with van der Waals surface area (Å²) >= 11 is 0. The maximum atomic E-state index is 11.1. The van der Waals surface area contributed by atoms with Crippen LogP contribution in [0.2, 0.25) is 0 Å². The molecule has 0 unspecified atom stereocenters. The third-order valence-corrected chi connectivity index (χ3v) is 2.62. The number of carboxylic acids is 1. The SMILES string of the molecule is CNC(=O)[C@@H]1[C@@H](C(=O)O)C1(C)C. The van der Waals surface area contributed by atoms with Crippen molar-refractivity contribution in [2.45, 2.75) is 13.8 Å². The van der Waals surface area contributed by atoms with Gasteiger partial charge >= 0.3 is 5.97 Å². The molecule has 1 rings (SSSR count). The molecule has 1 aliphatic rings. The second kappa shape index (κ2) is 2.47. The Morgan fingerprint density at radius 3 is 2.08 bits per heavy atom. The maximum Gasteiger partial charge on any atom is 0.307 e. The average Bonchev–Trinajstić information content (AvgIpc) is 2.52. The van der Waals surface area contributed by atoms with Crippen molar-refractivity contribution in [1.82, 2.24) is 5.32 Å². The molecule has 1 fully saturated rings. The van der Waals surface area contributed by atoms with Gasteiger partial charge in [0.1, 0.15) is 0 Å². The van der Waals surface area contributed by atoms with Gasteiger partial charge in [-0.05, 0) is 5.41 Å². The van der Waals surface area contributed by atoms with Crippen molar-refractivity contribution in [3.63, 3.8) is 0 Å². The van der Waals surface area contributed by atoms with Crippen LogP contribution in [0.25, 0.3) is 0 Å². The van der Waals surface area contributed by atoms with Gasteiger partial charge in [-0.15, -0.1) is 0 Å². The molecule has 2 N–H and O–H groups in total. The predicted octanol–water partition coefficient (Wildman–Crippen LogP) is 0.0892. The second-order valence-corrected chi connectivity index (χ2v) is 3.73. The number of hydrogen-bond donors (Lipinski definition) is 2. The van der Waals surface area contributed by atoms with Crippen LogP contribution < -0.4 is 5.32 Å². The fraction of sp³-hybridized carbons (Fsp3) is 0.750. The van der Waals surface area contributed by atoms with Crippen LogP contribution in [0, 0.1) is 17.3 Å². The van der Waals surface area contributed by atoms with Crippen molar-refractivity contribution in [2.24, 2.45) is 17.3 Å². The molecule has 0 spiro atoms. The molecular formula is C8H13NO3. The number of carboxylic acid groups (broad SMARTS) is 1. The first-order valence-electron chi connectivity index (χ1n) is 3.87. The molecule has 12 heavy (non-hydrogen) atoms. The van der Waals surface area contributed by atoms with Gasteiger partial charge in [-0.1, -0.05) is 13.8 Å². The van der Waals surface area contributed by atoms with Crippen molar-refractivity contribution >= 4 is 11.9 Å². The van der Waals surface area contributed by atoms with Crippen molar-refractivity contribution < 1.29 is 14.7 Å². The van der Waals surface area contributed by atoms with Crippen molar-refractivity contribution in [2.75, 3.05) is 7.05 Å². The standard InChI is InChI=1S/C8H13NO3/c1-8(2)4(6(10)9-3)5(8)7(11)12/h4-5H,1-3H3,(H,9,10)(H,11,12)/t4-,5-/m0/s1. The average molecular weight is 171 g/mol. The van der Waals surface area contributed by atoms with E-state index in [-0.39, 0.29) is 17.2 Å². The lowest BCUT2D eigenvalue weighted by molar-refractivity contribution is -0.140. The van der Waals surface area contributed by atoms with E-state index in [0.29, 0.717) is 0 Å². The van der Waals surface area contributed by atoms with E-state index >= 15 is 0 Å². The Balaban J connectivity index is 2.73. The van der Waals surface area contributed by atoms with Crippen LogP contribution in [-0.2, 0) is 9.59 Å². The third kappa shape index (κ3) is 1.07. The molecule has 1 amide bonds. The molecule has 4 heteroatoms. The molecular weight excluding hydrogens is 158 g/mol. The van der Waals surface area contributed by atoms with Crippen LogP contribution in [0.15, 0.2) is 0 Å². The lowest BCUT2D eigenvalue weighted by Crippen LogP contribution is -2.22. The Morgan fingerprint density at radius 2 is 1.83 bits per heavy atom. The summed E-state index contributed by atoms with van der Waals surface area (Å²) in [6.45, 7) is 3.59. The van der Waals surface area contributed by atoms with Crippen LogP contribution in [0.3, 0.4) is 0 Å². The lowest BCUT2D eigenvalue weighted by Gasteiger charge is -1.99. The van der Waals surface area contributed by atoms with Gasteiger partial charge in [0, 0.05) is 7.05 Å². The second-order valence-electron chi connectivity index (χ2n) is 3.73. The first-order chi connectivity index (χ1) is 5.42. The Hall–Kier alpha value is -1.06. The number of aliphatic carboxylic acids is 1. The monoisotopic (exact) mass is 171 g/mol. The van der Waals surface area contributed by atoms with E-state index in [9.17, 15) is 9.59 Å². The summed E-state index contributed by atoms with van der Waals surface area (Å²) in [6, 6.07) is 0. The van der Waals surface area contributed by atoms with Gasteiger partial charge < -0.3 is 10.4 Å². The highest BCUT2D eigenvalue weighted by molar-refractivity contribution is 5.91. The Kier molecular flexibility index (Phi) is 1.86. The van der Waals surface area contributed by atoms with Crippen LogP contribution in [-0.4, -0.2) is 24.0 Å². The zero-order valence-electron chi connectivity index (χ0n) is 7.42. The molecule has 0 radical (unpaired) electrons. The molecule has 0 aromatic heterocycles. The molecule has 0 heterocycles. The topological polar surface area (TPSA) is 66.4 Å². The minimum atomic E-state index is -0.881. The number of carbonyl (C=O) groups excluding carboxylic acids is 1. The summed E-state index contributed by atoms with van der Waals surface area (Å²) in [5, 5.41) is 11.2. The van der Waals surface area contributed by atoms with E-state index in [1.165, 1.54) is 7.05 Å². The van der Waals surface area contributed by atoms with Gasteiger partial charge in [0.15, 0.2) is 0 Å². The first-order valence-corrected chi connectivity index (χ1v) is 3.87. The van der Waals surface area contributed by atoms with E-state index < -0.39 is 11.9 Å². The quantitative estimate of drug-likeness (QED) is 0.618. The normalized spacial score (nSPS) is 30.9. The summed E-state index contributed by atoms with van der Waals surface area (Å²) in [6.07, 6.45) is 0. The zero-order valence-corrected chi connectivity index (χ0v) is 7.42. The molecule has 0 saturated heterocycles. The van der Waals surface area contributed by atoms with E-state index in [2.05, 4.69) is 5.32 Å². The molecule has 0 aliphatic heterocycles. The zero-order chi connectivity index (χ0) is 9.52. The highest BCUT2D eigenvalue weighted by Crippen LogP contribution is 2.58. The fourth-order valence-electron chi connectivity index (χ4n) is 1.74. The first kappa shape index (κ1) is 9.03. The number of carbonyl (C=O) groups is 2. The summed E-state index contributed by atoms with van der Waals surface area (Å²) in [7, 11) is 1.52. The fourth-order valence-corrected chi connectivity index (χ4v) is 1.74. The maximum absolute atomic E-state index is 11.1. The van der Waals surface area contributed by atoms with Gasteiger partial charge in [0.25, 0.3) is 0 Å². The van der Waals surface area contributed by atoms with Gasteiger partial charge in [0.2, 0.25) is 5.91 Å². The van der Waals surface area contributed by atoms with Crippen LogP contribution in [0.4, 0.5) is 0 Å². The Labute approximate surface area is 71.0 Å². The number of rotatable bonds is 2. The minimum Gasteiger partial charge on any atom is -0.481 e. The molecule has 4 nitrogen and oxygen atoms in total. The Bertz CT molecular complexity index is 234. The molecule has 1 saturated carbocycles. The molecule has 68 valence electrons. The van der Waals surface area contributed by atoms with E-state index in [1.807, 2.05) is 0 Å². The van der Waals surface area contributed by atoms with Crippen LogP contribution in [0.5, 0.6) is 0 Å². The van der Waals surface area contributed by atoms with Gasteiger partial charge in [-0.25, -0.2) is 0 Å². The molecule has 0 aromatic rings. The third-order valence-electron chi connectivity index (χ3n) is 2.62. The number of hydrogen-bond acceptors (Lipinski definition) is 2. The van der Waals surface area contributed by atoms with Gasteiger partial charge in [0.05, 0.1) is 11.8 Å². The van der Waals surface area contributed by atoms with E-state index in [0.717, 1.165) is 0 Å². The van der Waals surface area contributed by atoms with Crippen LogP contribution >= 0.6 is 0 Å². The highest BCUT2D eigenvalue weighted by Gasteiger charge is 2.65. The van der Waals surface area contributed by atoms with Crippen molar-refractivity contribution in [3.8, 4) is 0 Å². The number of nitrogens with one attached hydrogen (secondary N) is 1. The summed E-state index contributed by atoms with van der Waals surface area (Å²) in [4.78, 5) is 21.8. The highest BCUT2D eigenvalue weighted by atomic mass is 16.4. The smallest absolute Gasteiger partial charge is 0.307 e. The Morgan fingerprint density at radius 1 is 1.33 bits per heavy atom. The minimum absolute atomic E-state index is 0.174. The van der Waals surface area contributed by atoms with Crippen LogP contribution in [0.1, 0.15) is 13.8 Å².